The van der Waals surface area contributed by atoms with Crippen LogP contribution >= 0.6 is 12.6 Å². The van der Waals surface area contributed by atoms with Crippen LogP contribution in [-0.4, -0.2) is 86.9 Å². The molecule has 162 valence electrons. The number of hydrogen-bond acceptors (Lipinski definition) is 10. The highest BCUT2D eigenvalue weighted by atomic mass is 32.1. The highest BCUT2D eigenvalue weighted by Gasteiger charge is 2.20. The first kappa shape index (κ1) is 30.0. The number of ketones is 1. The van der Waals surface area contributed by atoms with Gasteiger partial charge in [-0.3, -0.25) is 29.3 Å². The Balaban J connectivity index is -0.000000427. The molecule has 0 rings (SSSR count). The quantitative estimate of drug-likeness (QED) is 0.113. The van der Waals surface area contributed by atoms with Crippen molar-refractivity contribution in [3.63, 3.8) is 0 Å². The lowest BCUT2D eigenvalue weighted by Gasteiger charge is -2.11. The topological polar surface area (TPSA) is 273 Å². The van der Waals surface area contributed by atoms with Gasteiger partial charge < -0.3 is 37.6 Å². The van der Waals surface area contributed by atoms with Gasteiger partial charge in [0.2, 0.25) is 5.91 Å². The van der Waals surface area contributed by atoms with Gasteiger partial charge in [-0.1, -0.05) is 0 Å². The lowest BCUT2D eigenvalue weighted by molar-refractivity contribution is -0.149. The zero-order chi connectivity index (χ0) is 22.9. The van der Waals surface area contributed by atoms with Crippen molar-refractivity contribution < 1.29 is 49.2 Å². The Morgan fingerprint density at radius 2 is 1.43 bits per heavy atom. The molecule has 2 atom stereocenters. The summed E-state index contributed by atoms with van der Waals surface area (Å²) in [6.45, 7) is -0.884. The molecule has 14 nitrogen and oxygen atoms in total. The lowest BCUT2D eigenvalue weighted by atomic mass is 10.1. The van der Waals surface area contributed by atoms with Gasteiger partial charge in [0.05, 0.1) is 13.1 Å². The number of carboxylic acid groups (broad SMARTS) is 4. The molecule has 1 amide bonds. The molecule has 0 aliphatic carbocycles. The third kappa shape index (κ3) is 21.3. The maximum absolute atomic E-state index is 10.7. The summed E-state index contributed by atoms with van der Waals surface area (Å²) in [6, 6.07) is -1.99. The summed E-state index contributed by atoms with van der Waals surface area (Å²) in [5.74, 6) is -6.52. The fourth-order valence-electron chi connectivity index (χ4n) is 0.969. The minimum atomic E-state index is -1.65. The van der Waals surface area contributed by atoms with E-state index < -0.39 is 54.2 Å². The van der Waals surface area contributed by atoms with E-state index >= 15 is 0 Å². The zero-order valence-corrected chi connectivity index (χ0v) is 15.5. The Labute approximate surface area is 164 Å². The van der Waals surface area contributed by atoms with Crippen molar-refractivity contribution in [2.45, 2.75) is 24.9 Å². The lowest BCUT2D eigenvalue weighted by Crippen LogP contribution is -2.41. The van der Waals surface area contributed by atoms with Gasteiger partial charge >= 0.3 is 23.9 Å². The molecule has 11 N–H and O–H groups in total. The van der Waals surface area contributed by atoms with Crippen molar-refractivity contribution in [1.29, 1.82) is 0 Å². The molecule has 0 saturated carbocycles. The third-order valence-corrected chi connectivity index (χ3v) is 2.81. The van der Waals surface area contributed by atoms with Crippen LogP contribution in [0, 0.1) is 0 Å². The maximum Gasteiger partial charge on any atom is 0.373 e. The smallest absolute Gasteiger partial charge is 0.373 e. The predicted molar refractivity (Wildman–Crippen MR) is 96.7 cm³/mol. The first-order valence-electron chi connectivity index (χ1n) is 7.31. The summed E-state index contributed by atoms with van der Waals surface area (Å²) in [6.07, 6.45) is -0.261. The van der Waals surface area contributed by atoms with Crippen LogP contribution in [0.1, 0.15) is 12.8 Å². The largest absolute Gasteiger partial charge is 0.480 e. The van der Waals surface area contributed by atoms with Gasteiger partial charge in [-0.2, -0.15) is 12.6 Å². The second kappa shape index (κ2) is 17.7. The van der Waals surface area contributed by atoms with Crippen LogP contribution in [0.5, 0.6) is 0 Å². The fourth-order valence-corrected chi connectivity index (χ4v) is 1.13. The summed E-state index contributed by atoms with van der Waals surface area (Å²) < 4.78 is 0. The number of nitrogens with one attached hydrogen (secondary N) is 1. The van der Waals surface area contributed by atoms with Crippen LogP contribution in [0.3, 0.4) is 0 Å². The van der Waals surface area contributed by atoms with Crippen LogP contribution in [0.25, 0.3) is 0 Å². The Morgan fingerprint density at radius 3 is 1.64 bits per heavy atom. The number of rotatable bonds is 11. The summed E-state index contributed by atoms with van der Waals surface area (Å²) in [5.41, 5.74) is 14.3. The van der Waals surface area contributed by atoms with Gasteiger partial charge in [0.1, 0.15) is 12.1 Å². The molecule has 0 radical (unpaired) electrons. The Bertz CT molecular complexity index is 557. The zero-order valence-electron chi connectivity index (χ0n) is 14.6. The second-order valence-corrected chi connectivity index (χ2v) is 5.10. The standard InChI is InChI=1S/C8H12N2O6.C3H7NO2S.C2H5NO2/c9-6(12)2-1-4(7(13)14)10-3-5(11)8(15)16;4-2(1-7)3(5)6;3-1-2(4)5/h4,10H,1-3H2,(H2,9,12)(H,13,14)(H,15,16);2,7H,1,4H2,(H,5,6);1,3H2,(H,4,5)/t4-;2-;/m00./s1. The first-order chi connectivity index (χ1) is 12.8. The summed E-state index contributed by atoms with van der Waals surface area (Å²) in [4.78, 5) is 60.8. The molecule has 0 aromatic heterocycles. The van der Waals surface area contributed by atoms with Crippen molar-refractivity contribution in [3.8, 4) is 0 Å². The van der Waals surface area contributed by atoms with Gasteiger partial charge in [-0.15, -0.1) is 0 Å². The number of thiol groups is 1. The normalized spacial score (nSPS) is 11.4. The first-order valence-corrected chi connectivity index (χ1v) is 7.94. The Morgan fingerprint density at radius 1 is 0.964 bits per heavy atom. The van der Waals surface area contributed by atoms with Crippen LogP contribution in [0.15, 0.2) is 0 Å². The molecule has 15 heteroatoms. The van der Waals surface area contributed by atoms with Gasteiger partial charge in [0.25, 0.3) is 5.78 Å². The van der Waals surface area contributed by atoms with Gasteiger partial charge in [0.15, 0.2) is 0 Å². The van der Waals surface area contributed by atoms with E-state index in [0.717, 1.165) is 0 Å². The molecule has 0 aliphatic rings. The average molecular weight is 428 g/mol. The van der Waals surface area contributed by atoms with Crippen molar-refractivity contribution >= 4 is 48.2 Å². The minimum absolute atomic E-state index is 0.0996. The molecule has 0 bridgehead atoms. The molecular weight excluding hydrogens is 404 g/mol. The number of carboxylic acids is 4. The van der Waals surface area contributed by atoms with Gasteiger partial charge in [-0.05, 0) is 6.42 Å². The molecule has 0 aliphatic heterocycles. The highest BCUT2D eigenvalue weighted by Crippen LogP contribution is 1.97. The van der Waals surface area contributed by atoms with E-state index in [1.165, 1.54) is 0 Å². The number of primary amides is 1. The fraction of sp³-hybridized carbons (Fsp3) is 0.538. The van der Waals surface area contributed by atoms with Crippen molar-refractivity contribution in [3.05, 3.63) is 0 Å². The van der Waals surface area contributed by atoms with Crippen LogP contribution in [-0.2, 0) is 28.8 Å². The summed E-state index contributed by atoms with van der Waals surface area (Å²) in [7, 11) is 0. The van der Waals surface area contributed by atoms with Crippen LogP contribution in [0.2, 0.25) is 0 Å². The molecule has 0 aromatic rings. The average Bonchev–Trinajstić information content (AvgIpc) is 2.60. The summed E-state index contributed by atoms with van der Waals surface area (Å²) >= 11 is 3.65. The van der Waals surface area contributed by atoms with E-state index in [4.69, 9.17) is 31.9 Å². The van der Waals surface area contributed by atoms with E-state index in [2.05, 4.69) is 23.7 Å². The number of aliphatic carboxylic acids is 4. The number of nitrogens with two attached hydrogens (primary N) is 3. The predicted octanol–water partition coefficient (Wildman–Crippen LogP) is -3.69. The van der Waals surface area contributed by atoms with E-state index in [1.54, 1.807) is 0 Å². The van der Waals surface area contributed by atoms with Crippen molar-refractivity contribution in [1.82, 2.24) is 5.32 Å². The molecule has 0 fully saturated rings. The minimum Gasteiger partial charge on any atom is -0.480 e. The van der Waals surface area contributed by atoms with Crippen molar-refractivity contribution in [2.24, 2.45) is 17.2 Å². The molecule has 0 saturated heterocycles. The second-order valence-electron chi connectivity index (χ2n) is 4.73. The molecule has 28 heavy (non-hydrogen) atoms. The number of Topliss-reactive ketones (excluding diaryl/α,β-unsaturated/α-hetero) is 1. The van der Waals surface area contributed by atoms with E-state index in [9.17, 15) is 28.8 Å². The van der Waals surface area contributed by atoms with Crippen LogP contribution < -0.4 is 22.5 Å². The number of hydrogen-bond donors (Lipinski definition) is 9. The van der Waals surface area contributed by atoms with E-state index in [1.807, 2.05) is 0 Å². The Hall–Kier alpha value is -2.75. The number of carbonyl (C=O) groups excluding carboxylic acids is 2. The number of amides is 1. The van der Waals surface area contributed by atoms with Gasteiger partial charge in [0, 0.05) is 12.2 Å². The molecule has 0 spiro atoms. The van der Waals surface area contributed by atoms with E-state index in [-0.39, 0.29) is 25.1 Å². The molecule has 0 heterocycles. The van der Waals surface area contributed by atoms with Gasteiger partial charge in [-0.25, -0.2) is 4.79 Å². The highest BCUT2D eigenvalue weighted by molar-refractivity contribution is 7.80. The third-order valence-electron chi connectivity index (χ3n) is 2.41. The SMILES string of the molecule is NC(=O)CC[C@H](NCC(=O)C(=O)O)C(=O)O.NCC(=O)O.N[C@@H](CS)C(=O)O. The summed E-state index contributed by atoms with van der Waals surface area (Å²) in [5, 5.41) is 34.7. The maximum atomic E-state index is 10.7. The monoisotopic (exact) mass is 428 g/mol. The molecule has 0 aromatic carbocycles. The molecular formula is C13H24N4O10S. The number of carbonyl (C=O) groups is 6. The Kier molecular flexibility index (Phi) is 18.9. The van der Waals surface area contributed by atoms with Crippen LogP contribution in [0.4, 0.5) is 0 Å². The molecule has 0 unspecified atom stereocenters. The van der Waals surface area contributed by atoms with Crippen molar-refractivity contribution in [2.75, 3.05) is 18.8 Å². The van der Waals surface area contributed by atoms with E-state index in [0.29, 0.717) is 0 Å².